The third-order valence-electron chi connectivity index (χ3n) is 4.35. The highest BCUT2D eigenvalue weighted by Gasteiger charge is 2.23. The molecule has 0 aliphatic heterocycles. The van der Waals surface area contributed by atoms with Crippen LogP contribution in [0.15, 0.2) is 24.3 Å². The Hall–Kier alpha value is -1.72. The van der Waals surface area contributed by atoms with Gasteiger partial charge in [0.15, 0.2) is 6.10 Å². The zero-order valence-corrected chi connectivity index (χ0v) is 15.8. The van der Waals surface area contributed by atoms with Crippen LogP contribution in [-0.4, -0.2) is 21.8 Å². The molecule has 25 heavy (non-hydrogen) atoms. The average Bonchev–Trinajstić information content (AvgIpc) is 3.19. The number of amides is 1. The summed E-state index contributed by atoms with van der Waals surface area (Å²) >= 11 is 12.0. The van der Waals surface area contributed by atoms with Crippen LogP contribution in [-0.2, 0) is 4.79 Å². The fourth-order valence-electron chi connectivity index (χ4n) is 3.08. The number of carbonyl (C=O) groups excluding carboxylic acids is 1. The predicted octanol–water partition coefficient (Wildman–Crippen LogP) is 5.02. The summed E-state index contributed by atoms with van der Waals surface area (Å²) in [5.41, 5.74) is 0.886. The Balaban J connectivity index is 1.69. The molecule has 1 aromatic heterocycles. The summed E-state index contributed by atoms with van der Waals surface area (Å²) in [6, 6.07) is 7.15. The van der Waals surface area contributed by atoms with Crippen molar-refractivity contribution in [3.63, 3.8) is 0 Å². The minimum atomic E-state index is -0.703. The van der Waals surface area contributed by atoms with Gasteiger partial charge in [-0.3, -0.25) is 4.79 Å². The van der Waals surface area contributed by atoms with E-state index in [-0.39, 0.29) is 5.91 Å². The van der Waals surface area contributed by atoms with Crippen molar-refractivity contribution in [2.24, 2.45) is 0 Å². The monoisotopic (exact) mass is 381 g/mol. The first-order valence-corrected chi connectivity index (χ1v) is 9.18. The number of aryl methyl sites for hydroxylation is 1. The largest absolute Gasteiger partial charge is 0.479 e. The van der Waals surface area contributed by atoms with Crippen molar-refractivity contribution in [1.29, 1.82) is 0 Å². The molecule has 2 aromatic rings. The van der Waals surface area contributed by atoms with Crippen molar-refractivity contribution in [3.05, 3.63) is 40.0 Å². The molecule has 1 aromatic carbocycles. The Morgan fingerprint density at radius 1 is 1.32 bits per heavy atom. The van der Waals surface area contributed by atoms with Crippen LogP contribution < -0.4 is 10.1 Å². The van der Waals surface area contributed by atoms with Gasteiger partial charge in [-0.25, -0.2) is 4.68 Å². The first-order valence-electron chi connectivity index (χ1n) is 8.43. The third-order valence-corrected chi connectivity index (χ3v) is 4.88. The van der Waals surface area contributed by atoms with Gasteiger partial charge in [0, 0.05) is 11.1 Å². The van der Waals surface area contributed by atoms with E-state index in [1.165, 1.54) is 12.8 Å². The lowest BCUT2D eigenvalue weighted by atomic mass is 10.2. The zero-order chi connectivity index (χ0) is 18.0. The van der Waals surface area contributed by atoms with Gasteiger partial charge in [0.05, 0.1) is 16.8 Å². The van der Waals surface area contributed by atoms with Crippen LogP contribution in [0, 0.1) is 6.92 Å². The van der Waals surface area contributed by atoms with Crippen LogP contribution >= 0.6 is 23.2 Å². The molecule has 3 rings (SSSR count). The molecule has 7 heteroatoms. The van der Waals surface area contributed by atoms with Gasteiger partial charge in [-0.05, 0) is 44.9 Å². The lowest BCUT2D eigenvalue weighted by Crippen LogP contribution is -2.31. The van der Waals surface area contributed by atoms with Gasteiger partial charge in [0.2, 0.25) is 0 Å². The van der Waals surface area contributed by atoms with Gasteiger partial charge < -0.3 is 10.1 Å². The van der Waals surface area contributed by atoms with Gasteiger partial charge in [-0.15, -0.1) is 0 Å². The minimum absolute atomic E-state index is 0.245. The molecule has 134 valence electrons. The fourth-order valence-corrected chi connectivity index (χ4v) is 3.53. The van der Waals surface area contributed by atoms with Crippen molar-refractivity contribution in [2.75, 3.05) is 5.32 Å². The van der Waals surface area contributed by atoms with E-state index >= 15 is 0 Å². The van der Waals surface area contributed by atoms with Gasteiger partial charge >= 0.3 is 0 Å². The van der Waals surface area contributed by atoms with E-state index < -0.39 is 6.10 Å². The molecule has 0 bridgehead atoms. The van der Waals surface area contributed by atoms with E-state index in [2.05, 4.69) is 10.4 Å². The maximum atomic E-state index is 12.5. The molecule has 1 N–H and O–H groups in total. The summed E-state index contributed by atoms with van der Waals surface area (Å²) in [5.74, 6) is 0.895. The van der Waals surface area contributed by atoms with E-state index in [0.717, 1.165) is 18.5 Å². The maximum Gasteiger partial charge on any atom is 0.266 e. The number of ether oxygens (including phenoxy) is 1. The predicted molar refractivity (Wildman–Crippen MR) is 99.7 cm³/mol. The van der Waals surface area contributed by atoms with Gasteiger partial charge in [0.25, 0.3) is 5.91 Å². The Morgan fingerprint density at radius 3 is 2.72 bits per heavy atom. The van der Waals surface area contributed by atoms with Gasteiger partial charge in [-0.1, -0.05) is 36.0 Å². The number of benzene rings is 1. The maximum absolute atomic E-state index is 12.5. The Labute approximate surface area is 157 Å². The second-order valence-electron chi connectivity index (χ2n) is 6.38. The lowest BCUT2D eigenvalue weighted by molar-refractivity contribution is -0.122. The number of nitrogens with zero attached hydrogens (tertiary/aromatic N) is 2. The van der Waals surface area contributed by atoms with Gasteiger partial charge in [-0.2, -0.15) is 5.10 Å². The van der Waals surface area contributed by atoms with E-state index in [4.69, 9.17) is 27.9 Å². The van der Waals surface area contributed by atoms with Gasteiger partial charge in [0.1, 0.15) is 11.6 Å². The second kappa shape index (κ2) is 7.67. The molecule has 5 nitrogen and oxygen atoms in total. The van der Waals surface area contributed by atoms with E-state index in [1.54, 1.807) is 25.1 Å². The smallest absolute Gasteiger partial charge is 0.266 e. The molecule has 1 heterocycles. The summed E-state index contributed by atoms with van der Waals surface area (Å²) in [4.78, 5) is 12.5. The normalized spacial score (nSPS) is 16.0. The summed E-state index contributed by atoms with van der Waals surface area (Å²) in [5, 5.41) is 8.36. The molecule has 1 aliphatic carbocycles. The Kier molecular flexibility index (Phi) is 5.54. The molecule has 1 amide bonds. The van der Waals surface area contributed by atoms with Crippen LogP contribution in [0.1, 0.15) is 44.3 Å². The highest BCUT2D eigenvalue weighted by atomic mass is 35.5. The Bertz CT molecular complexity index is 770. The molecule has 0 spiro atoms. The SMILES string of the molecule is Cc1cc(NC(=O)[C@H](C)Oc2ccc(Cl)cc2Cl)n(C2CCCC2)n1. The van der Waals surface area contributed by atoms with Crippen molar-refractivity contribution in [3.8, 4) is 5.75 Å². The highest BCUT2D eigenvalue weighted by Crippen LogP contribution is 2.32. The molecule has 0 unspecified atom stereocenters. The van der Waals surface area contributed by atoms with Crippen LogP contribution in [0.4, 0.5) is 5.82 Å². The molecule has 1 saturated carbocycles. The first-order chi connectivity index (χ1) is 11.9. The number of nitrogens with one attached hydrogen (secondary N) is 1. The summed E-state index contributed by atoms with van der Waals surface area (Å²) < 4.78 is 7.61. The molecule has 0 radical (unpaired) electrons. The van der Waals surface area contributed by atoms with Crippen molar-refractivity contribution < 1.29 is 9.53 Å². The van der Waals surface area contributed by atoms with Crippen molar-refractivity contribution in [2.45, 2.75) is 51.7 Å². The third kappa shape index (κ3) is 4.28. The quantitative estimate of drug-likeness (QED) is 0.790. The molecule has 1 fully saturated rings. The highest BCUT2D eigenvalue weighted by molar-refractivity contribution is 6.35. The van der Waals surface area contributed by atoms with Crippen LogP contribution in [0.3, 0.4) is 0 Å². The summed E-state index contributed by atoms with van der Waals surface area (Å²) in [6.45, 7) is 3.61. The second-order valence-corrected chi connectivity index (χ2v) is 7.22. The van der Waals surface area contributed by atoms with Crippen molar-refractivity contribution in [1.82, 2.24) is 9.78 Å². The van der Waals surface area contributed by atoms with E-state index in [1.807, 2.05) is 17.7 Å². The molecular weight excluding hydrogens is 361 g/mol. The molecule has 1 atom stereocenters. The van der Waals surface area contributed by atoms with Crippen LogP contribution in [0.25, 0.3) is 0 Å². The van der Waals surface area contributed by atoms with E-state index in [0.29, 0.717) is 27.7 Å². The number of aromatic nitrogens is 2. The van der Waals surface area contributed by atoms with Crippen LogP contribution in [0.5, 0.6) is 5.75 Å². The molecular formula is C18H21Cl2N3O2. The number of carbonyl (C=O) groups is 1. The average molecular weight is 382 g/mol. The minimum Gasteiger partial charge on any atom is -0.479 e. The van der Waals surface area contributed by atoms with Crippen LogP contribution in [0.2, 0.25) is 10.0 Å². The lowest BCUT2D eigenvalue weighted by Gasteiger charge is -2.18. The number of hydrogen-bond acceptors (Lipinski definition) is 3. The first kappa shape index (κ1) is 18.1. The summed E-state index contributed by atoms with van der Waals surface area (Å²) in [7, 11) is 0. The number of anilines is 1. The van der Waals surface area contributed by atoms with E-state index in [9.17, 15) is 4.79 Å². The number of rotatable bonds is 5. The number of halogens is 2. The zero-order valence-electron chi connectivity index (χ0n) is 14.3. The fraction of sp³-hybridized carbons (Fsp3) is 0.444. The molecule has 0 saturated heterocycles. The topological polar surface area (TPSA) is 56.1 Å². The number of hydrogen-bond donors (Lipinski definition) is 1. The summed E-state index contributed by atoms with van der Waals surface area (Å²) in [6.07, 6.45) is 3.88. The Morgan fingerprint density at radius 2 is 2.04 bits per heavy atom. The standard InChI is InChI=1S/C18H21Cl2N3O2/c1-11-9-17(23(22-11)14-5-3-4-6-14)21-18(24)12(2)25-16-8-7-13(19)10-15(16)20/h7-10,12,14H,3-6H2,1-2H3,(H,21,24)/t12-/m0/s1. The molecule has 1 aliphatic rings. The van der Waals surface area contributed by atoms with Crippen molar-refractivity contribution >= 4 is 34.9 Å².